The van der Waals surface area contributed by atoms with Gasteiger partial charge in [-0.25, -0.2) is 0 Å². The second-order valence-corrected chi connectivity index (χ2v) is 5.37. The van der Waals surface area contributed by atoms with Gasteiger partial charge in [0.05, 0.1) is 12.6 Å². The molecule has 1 fully saturated rings. The van der Waals surface area contributed by atoms with E-state index in [0.29, 0.717) is 0 Å². The number of likely N-dealkylation sites (N-methyl/N-ethyl adjacent to an activating group) is 1. The highest BCUT2D eigenvalue weighted by atomic mass is 16.3. The smallest absolute Gasteiger partial charge is 0.103 e. The minimum Gasteiger partial charge on any atom is -0.394 e. The first-order chi connectivity index (χ1) is 9.28. The number of piperazine rings is 1. The van der Waals surface area contributed by atoms with E-state index in [0.717, 1.165) is 32.0 Å². The topological polar surface area (TPSA) is 38.7 Å². The molecule has 0 aromatic heterocycles. The molecule has 2 N–H and O–H groups in total. The number of nitrogens with zero attached hydrogens (tertiary/aromatic N) is 2. The van der Waals surface area contributed by atoms with Crippen molar-refractivity contribution < 1.29 is 5.11 Å². The van der Waals surface area contributed by atoms with E-state index in [1.54, 1.807) is 0 Å². The van der Waals surface area contributed by atoms with Crippen LogP contribution < -0.4 is 5.32 Å². The van der Waals surface area contributed by atoms with E-state index in [-0.39, 0.29) is 12.6 Å². The van der Waals surface area contributed by atoms with Crippen molar-refractivity contribution in [2.24, 2.45) is 0 Å². The van der Waals surface area contributed by atoms with Crippen LogP contribution in [0.15, 0.2) is 30.1 Å². The highest BCUT2D eigenvalue weighted by Gasteiger charge is 2.27. The Balaban J connectivity index is 1.85. The van der Waals surface area contributed by atoms with Crippen molar-refractivity contribution in [3.63, 3.8) is 0 Å². The summed E-state index contributed by atoms with van der Waals surface area (Å²) in [6.45, 7) is 3.98. The highest BCUT2D eigenvalue weighted by molar-refractivity contribution is 5.58. The predicted molar refractivity (Wildman–Crippen MR) is 76.3 cm³/mol. The molecule has 0 saturated carbocycles. The molecule has 1 aromatic rings. The number of aliphatic hydroxyl groups is 1. The van der Waals surface area contributed by atoms with Crippen LogP contribution in [0.1, 0.15) is 11.1 Å². The van der Waals surface area contributed by atoms with Crippen LogP contribution in [-0.2, 0) is 6.54 Å². The van der Waals surface area contributed by atoms with Crippen molar-refractivity contribution >= 4 is 6.08 Å². The van der Waals surface area contributed by atoms with Crippen LogP contribution >= 0.6 is 0 Å². The standard InChI is InChI=1S/C15H21N3O/c1-17-6-7-18(14(10-17)11-19)15-8-12-4-2-3-5-13(12)9-16-15/h2-5,8,14,16,19H,6-7,9-11H2,1H3/t14-/m0/s1. The Morgan fingerprint density at radius 1 is 1.32 bits per heavy atom. The summed E-state index contributed by atoms with van der Waals surface area (Å²) >= 11 is 0. The van der Waals surface area contributed by atoms with Gasteiger partial charge in [-0.15, -0.1) is 0 Å². The summed E-state index contributed by atoms with van der Waals surface area (Å²) in [4.78, 5) is 4.57. The highest BCUT2D eigenvalue weighted by Crippen LogP contribution is 2.22. The van der Waals surface area contributed by atoms with Crippen molar-refractivity contribution in [3.8, 4) is 0 Å². The molecule has 2 aliphatic heterocycles. The molecule has 0 spiro atoms. The van der Waals surface area contributed by atoms with E-state index >= 15 is 0 Å². The minimum absolute atomic E-state index is 0.183. The Labute approximate surface area is 114 Å². The van der Waals surface area contributed by atoms with Gasteiger partial charge in [-0.05, 0) is 24.3 Å². The third-order valence-corrected chi connectivity index (χ3v) is 4.01. The van der Waals surface area contributed by atoms with Gasteiger partial charge in [-0.3, -0.25) is 0 Å². The summed E-state index contributed by atoms with van der Waals surface area (Å²) < 4.78 is 0. The number of aliphatic hydroxyl groups excluding tert-OH is 1. The van der Waals surface area contributed by atoms with Crippen LogP contribution in [0.2, 0.25) is 0 Å². The molecule has 2 heterocycles. The molecule has 0 radical (unpaired) electrons. The second-order valence-electron chi connectivity index (χ2n) is 5.37. The monoisotopic (exact) mass is 259 g/mol. The summed E-state index contributed by atoms with van der Waals surface area (Å²) in [6, 6.07) is 8.64. The molecule has 2 aliphatic rings. The SMILES string of the molecule is CN1CCN(C2=Cc3ccccc3CN2)[C@H](CO)C1. The Kier molecular flexibility index (Phi) is 3.44. The van der Waals surface area contributed by atoms with Crippen LogP contribution in [0, 0.1) is 0 Å². The maximum atomic E-state index is 9.58. The first-order valence-electron chi connectivity index (χ1n) is 6.87. The summed E-state index contributed by atoms with van der Waals surface area (Å²) in [7, 11) is 2.11. The maximum Gasteiger partial charge on any atom is 0.103 e. The maximum absolute atomic E-state index is 9.58. The lowest BCUT2D eigenvalue weighted by Crippen LogP contribution is -2.54. The molecule has 0 amide bonds. The van der Waals surface area contributed by atoms with Crippen LogP contribution in [-0.4, -0.2) is 54.2 Å². The number of hydrogen-bond donors (Lipinski definition) is 2. The largest absolute Gasteiger partial charge is 0.394 e. The molecule has 4 heteroatoms. The normalized spacial score (nSPS) is 23.6. The number of hydrogen-bond acceptors (Lipinski definition) is 4. The predicted octanol–water partition coefficient (Wildman–Crippen LogP) is 0.696. The van der Waals surface area contributed by atoms with Gasteiger partial charge >= 0.3 is 0 Å². The number of fused-ring (bicyclic) bond motifs is 1. The molecule has 1 aromatic carbocycles. The molecular formula is C15H21N3O. The van der Waals surface area contributed by atoms with Gasteiger partial charge in [0.2, 0.25) is 0 Å². The molecule has 0 aliphatic carbocycles. The fourth-order valence-electron chi connectivity index (χ4n) is 2.89. The third kappa shape index (κ3) is 2.46. The molecule has 1 saturated heterocycles. The van der Waals surface area contributed by atoms with Crippen LogP contribution in [0.3, 0.4) is 0 Å². The van der Waals surface area contributed by atoms with Gasteiger partial charge < -0.3 is 20.2 Å². The van der Waals surface area contributed by atoms with Crippen LogP contribution in [0.5, 0.6) is 0 Å². The van der Waals surface area contributed by atoms with E-state index in [9.17, 15) is 5.11 Å². The lowest BCUT2D eigenvalue weighted by Gasteiger charge is -2.42. The van der Waals surface area contributed by atoms with E-state index in [1.807, 2.05) is 0 Å². The number of benzene rings is 1. The van der Waals surface area contributed by atoms with Gasteiger partial charge in [0.15, 0.2) is 0 Å². The molecule has 1 atom stereocenters. The summed E-state index contributed by atoms with van der Waals surface area (Å²) in [5.41, 5.74) is 2.62. The van der Waals surface area contributed by atoms with Crippen LogP contribution in [0.25, 0.3) is 6.08 Å². The van der Waals surface area contributed by atoms with Crippen molar-refractivity contribution in [1.82, 2.24) is 15.1 Å². The Hall–Kier alpha value is -1.52. The molecule has 3 rings (SSSR count). The zero-order chi connectivity index (χ0) is 13.2. The molecule has 0 unspecified atom stereocenters. The summed E-state index contributed by atoms with van der Waals surface area (Å²) in [5.74, 6) is 1.14. The lowest BCUT2D eigenvalue weighted by molar-refractivity contribution is 0.0706. The van der Waals surface area contributed by atoms with E-state index < -0.39 is 0 Å². The molecular weight excluding hydrogens is 238 g/mol. The van der Waals surface area contributed by atoms with Crippen molar-refractivity contribution in [3.05, 3.63) is 41.2 Å². The van der Waals surface area contributed by atoms with Gasteiger partial charge in [-0.1, -0.05) is 24.3 Å². The first-order valence-corrected chi connectivity index (χ1v) is 6.87. The van der Waals surface area contributed by atoms with Gasteiger partial charge in [0.1, 0.15) is 5.82 Å². The molecule has 19 heavy (non-hydrogen) atoms. The lowest BCUT2D eigenvalue weighted by atomic mass is 10.0. The molecule has 102 valence electrons. The van der Waals surface area contributed by atoms with Gasteiger partial charge in [0, 0.05) is 26.2 Å². The third-order valence-electron chi connectivity index (χ3n) is 4.01. The summed E-state index contributed by atoms with van der Waals surface area (Å²) in [5, 5.41) is 13.1. The fourth-order valence-corrected chi connectivity index (χ4v) is 2.89. The number of rotatable bonds is 2. The Bertz CT molecular complexity index is 486. The average Bonchev–Trinajstić information content (AvgIpc) is 2.46. The van der Waals surface area contributed by atoms with Crippen LogP contribution in [0.4, 0.5) is 0 Å². The summed E-state index contributed by atoms with van der Waals surface area (Å²) in [6.07, 6.45) is 2.20. The fraction of sp³-hybridized carbons (Fsp3) is 0.467. The van der Waals surface area contributed by atoms with Crippen molar-refractivity contribution in [2.45, 2.75) is 12.6 Å². The molecule has 0 bridgehead atoms. The first kappa shape index (κ1) is 12.5. The zero-order valence-corrected chi connectivity index (χ0v) is 11.3. The zero-order valence-electron chi connectivity index (χ0n) is 11.3. The van der Waals surface area contributed by atoms with Gasteiger partial charge in [-0.2, -0.15) is 0 Å². The molecule has 4 nitrogen and oxygen atoms in total. The minimum atomic E-state index is 0.183. The van der Waals surface area contributed by atoms with E-state index in [2.05, 4.69) is 52.5 Å². The number of nitrogens with one attached hydrogen (secondary N) is 1. The second kappa shape index (κ2) is 5.23. The van der Waals surface area contributed by atoms with Gasteiger partial charge in [0.25, 0.3) is 0 Å². The quantitative estimate of drug-likeness (QED) is 0.820. The average molecular weight is 259 g/mol. The Morgan fingerprint density at radius 3 is 3.00 bits per heavy atom. The van der Waals surface area contributed by atoms with Crippen molar-refractivity contribution in [2.75, 3.05) is 33.3 Å². The van der Waals surface area contributed by atoms with E-state index in [1.165, 1.54) is 11.1 Å². The van der Waals surface area contributed by atoms with E-state index in [4.69, 9.17) is 0 Å². The Morgan fingerprint density at radius 2 is 2.16 bits per heavy atom. The van der Waals surface area contributed by atoms with Crippen molar-refractivity contribution in [1.29, 1.82) is 0 Å².